The van der Waals surface area contributed by atoms with Crippen molar-refractivity contribution in [3.05, 3.63) is 0 Å². The maximum atomic E-state index is 8.33. The van der Waals surface area contributed by atoms with Crippen LogP contribution < -0.4 is 148 Å². The monoisotopic (exact) mass is 344 g/mol. The summed E-state index contributed by atoms with van der Waals surface area (Å²) in [5.74, 6) is 0. The van der Waals surface area contributed by atoms with Crippen molar-refractivity contribution in [2.45, 2.75) is 0 Å². The second-order valence-electron chi connectivity index (χ2n) is 0.250. The largest absolute Gasteiger partial charge is 1.00 e. The number of rotatable bonds is 0. The first-order valence-electron chi connectivity index (χ1n) is 0.612. The normalized spacial score (nSPS) is 3.43. The molecule has 0 aromatic carbocycles. The third-order valence-electron chi connectivity index (χ3n) is 0. The van der Waals surface area contributed by atoms with E-state index in [2.05, 4.69) is 0 Å². The topological polar surface area (TPSA) is 94.7 Å². The minimum Gasteiger partial charge on any atom is -0.652 e. The predicted octanol–water partition coefficient (Wildman–Crippen LogP) is -9.26. The van der Waals surface area contributed by atoms with Gasteiger partial charge in [0.05, 0.1) is 0 Å². The van der Waals surface area contributed by atoms with Crippen LogP contribution in [-0.2, 0) is 0 Å². The van der Waals surface area contributed by atoms with Gasteiger partial charge in [-0.05, 0) is 6.16 Å². The molecule has 0 amide bonds. The molecule has 0 radical (unpaired) electrons. The number of carboxylic acid groups (broad SMARTS) is 2. The van der Waals surface area contributed by atoms with Crippen LogP contribution in [0.4, 0.5) is 4.79 Å². The van der Waals surface area contributed by atoms with Crippen LogP contribution in [0.2, 0.25) is 0 Å². The Morgan fingerprint density at radius 1 is 1.14 bits per heavy atom. The first kappa shape index (κ1) is 22.4. The van der Waals surface area contributed by atoms with Crippen LogP contribution in [-0.4, -0.2) is 11.6 Å². The van der Waals surface area contributed by atoms with E-state index in [1.807, 2.05) is 0 Å². The maximum absolute atomic E-state index is 8.33. The van der Waals surface area contributed by atoms with E-state index in [9.17, 15) is 0 Å². The molecule has 0 aliphatic rings. The third kappa shape index (κ3) is 45.2. The molecule has 0 saturated heterocycles. The van der Waals surface area contributed by atoms with Crippen LogP contribution in [0, 0.1) is 0 Å². The van der Waals surface area contributed by atoms with E-state index < -0.39 is 6.16 Å². The van der Waals surface area contributed by atoms with E-state index in [-0.39, 0.29) is 143 Å². The van der Waals surface area contributed by atoms with Crippen LogP contribution in [0.15, 0.2) is 0 Å². The van der Waals surface area contributed by atoms with E-state index in [1.165, 1.54) is 0 Å². The van der Waals surface area contributed by atoms with E-state index in [1.54, 1.807) is 0 Å². The Morgan fingerprint density at radius 3 is 1.14 bits per heavy atom. The van der Waals surface area contributed by atoms with Crippen LogP contribution in [0.25, 0.3) is 0 Å². The summed E-state index contributed by atoms with van der Waals surface area (Å²) in [7, 11) is 0. The quantitative estimate of drug-likeness (QED) is 0.437. The molecule has 0 unspecified atom stereocenters. The second-order valence-corrected chi connectivity index (χ2v) is 0.250. The Kier molecular flexibility index (Phi) is 51.8. The molecule has 0 atom stereocenters. The standard InChI is InChI=1S/CH2O3.2Cs.H2O/c2-1(3)4;;;/h(H2,2,3,4);;;1H2/q;2*+1;/p-2. The smallest absolute Gasteiger partial charge is 0.652 e. The van der Waals surface area contributed by atoms with Crippen molar-refractivity contribution in [1.29, 1.82) is 0 Å². The Balaban J connectivity index is -0.0000000150. The molecule has 0 heterocycles. The van der Waals surface area contributed by atoms with Crippen molar-refractivity contribution in [1.82, 2.24) is 0 Å². The average molecular weight is 344 g/mol. The molecule has 32 valence electrons. The molecular weight excluding hydrogens is 342 g/mol. The van der Waals surface area contributed by atoms with Gasteiger partial charge in [0.2, 0.25) is 0 Å². The molecule has 0 saturated carbocycles. The summed E-state index contributed by atoms with van der Waals surface area (Å²) in [4.78, 5) is 8.33. The minimum atomic E-state index is -2.33. The molecular formula is CH2Cs2O4. The zero-order chi connectivity index (χ0) is 3.58. The van der Waals surface area contributed by atoms with Gasteiger partial charge in [-0.3, -0.25) is 0 Å². The van der Waals surface area contributed by atoms with Crippen molar-refractivity contribution < 1.29 is 158 Å². The van der Waals surface area contributed by atoms with E-state index in [0.29, 0.717) is 0 Å². The molecule has 2 N–H and O–H groups in total. The van der Waals surface area contributed by atoms with Crippen LogP contribution >= 0.6 is 0 Å². The van der Waals surface area contributed by atoms with Gasteiger partial charge in [-0.25, -0.2) is 0 Å². The first-order chi connectivity index (χ1) is 1.73. The van der Waals surface area contributed by atoms with Crippen LogP contribution in [0.3, 0.4) is 0 Å². The number of carbonyl (C=O) groups is 1. The Bertz CT molecular complexity index is 32.7. The zero-order valence-corrected chi connectivity index (χ0v) is 16.8. The van der Waals surface area contributed by atoms with E-state index in [4.69, 9.17) is 15.0 Å². The summed E-state index contributed by atoms with van der Waals surface area (Å²) in [6.45, 7) is 0. The molecule has 0 bridgehead atoms. The van der Waals surface area contributed by atoms with Gasteiger partial charge in [-0.2, -0.15) is 0 Å². The molecule has 4 nitrogen and oxygen atoms in total. The van der Waals surface area contributed by atoms with Crippen molar-refractivity contribution >= 4 is 6.16 Å². The molecule has 0 spiro atoms. The molecule has 7 heavy (non-hydrogen) atoms. The molecule has 0 aromatic rings. The maximum Gasteiger partial charge on any atom is 1.00 e. The second kappa shape index (κ2) is 16.2. The van der Waals surface area contributed by atoms with Gasteiger partial charge >= 0.3 is 138 Å². The van der Waals surface area contributed by atoms with Crippen LogP contribution in [0.5, 0.6) is 0 Å². The van der Waals surface area contributed by atoms with Crippen molar-refractivity contribution in [3.8, 4) is 0 Å². The Hall–Kier alpha value is 3.33. The molecule has 0 fully saturated rings. The predicted molar refractivity (Wildman–Crippen MR) is 9.01 cm³/mol. The van der Waals surface area contributed by atoms with Crippen molar-refractivity contribution in [3.63, 3.8) is 0 Å². The zero-order valence-electron chi connectivity index (χ0n) is 4.22. The van der Waals surface area contributed by atoms with Gasteiger partial charge in [0.25, 0.3) is 0 Å². The van der Waals surface area contributed by atoms with Gasteiger partial charge in [0, 0.05) is 0 Å². The Labute approximate surface area is 159 Å². The number of hydrogen-bond donors (Lipinski definition) is 0. The Morgan fingerprint density at radius 2 is 1.14 bits per heavy atom. The fourth-order valence-electron chi connectivity index (χ4n) is 0. The molecule has 0 aliphatic carbocycles. The summed E-state index contributed by atoms with van der Waals surface area (Å²) in [6, 6.07) is 0. The van der Waals surface area contributed by atoms with Gasteiger partial charge in [-0.1, -0.05) is 0 Å². The van der Waals surface area contributed by atoms with Gasteiger partial charge in [0.1, 0.15) is 0 Å². The third-order valence-corrected chi connectivity index (χ3v) is 0. The number of carbonyl (C=O) groups excluding carboxylic acids is 1. The van der Waals surface area contributed by atoms with Gasteiger partial charge in [0.15, 0.2) is 0 Å². The van der Waals surface area contributed by atoms with Crippen LogP contribution in [0.1, 0.15) is 0 Å². The summed E-state index contributed by atoms with van der Waals surface area (Å²) in [5.41, 5.74) is 0. The summed E-state index contributed by atoms with van der Waals surface area (Å²) in [6.07, 6.45) is -2.33. The summed E-state index contributed by atoms with van der Waals surface area (Å²) in [5, 5.41) is 16.7. The summed E-state index contributed by atoms with van der Waals surface area (Å²) >= 11 is 0. The van der Waals surface area contributed by atoms with Crippen molar-refractivity contribution in [2.75, 3.05) is 0 Å². The molecule has 6 heteroatoms. The van der Waals surface area contributed by atoms with Crippen molar-refractivity contribution in [2.24, 2.45) is 0 Å². The fraction of sp³-hybridized carbons (Fsp3) is 0. The van der Waals surface area contributed by atoms with E-state index in [0.717, 1.165) is 0 Å². The fourth-order valence-corrected chi connectivity index (χ4v) is 0. The SMILES string of the molecule is O.O=C([O-])[O-].[Cs+].[Cs+]. The first-order valence-corrected chi connectivity index (χ1v) is 0.612. The molecule has 0 rings (SSSR count). The molecule has 0 aliphatic heterocycles. The summed E-state index contributed by atoms with van der Waals surface area (Å²) < 4.78 is 0. The average Bonchev–Trinajstić information content (AvgIpc) is 0.811. The molecule has 0 aromatic heterocycles. The van der Waals surface area contributed by atoms with E-state index >= 15 is 0 Å². The van der Waals surface area contributed by atoms with Gasteiger partial charge < -0.3 is 20.5 Å². The number of hydrogen-bond acceptors (Lipinski definition) is 3. The minimum absolute atomic E-state index is 0. The van der Waals surface area contributed by atoms with Gasteiger partial charge in [-0.15, -0.1) is 0 Å².